The second-order valence-corrected chi connectivity index (χ2v) is 5.52. The first kappa shape index (κ1) is 14.7. The quantitative estimate of drug-likeness (QED) is 0.761. The zero-order chi connectivity index (χ0) is 15.5. The minimum Gasteiger partial charge on any atom is -0.493 e. The molecule has 1 heterocycles. The van der Waals surface area contributed by atoms with Crippen molar-refractivity contribution in [3.63, 3.8) is 0 Å². The summed E-state index contributed by atoms with van der Waals surface area (Å²) in [4.78, 5) is 0. The van der Waals surface area contributed by atoms with Crippen LogP contribution in [0.1, 0.15) is 17.5 Å². The highest BCUT2D eigenvalue weighted by molar-refractivity contribution is 5.88. The Bertz CT molecular complexity index is 786. The number of methoxy groups -OCH3 is 1. The molecule has 0 radical (unpaired) electrons. The molecule has 0 spiro atoms. The van der Waals surface area contributed by atoms with Crippen molar-refractivity contribution in [1.82, 2.24) is 0 Å². The number of hydrogen-bond acceptors (Lipinski definition) is 3. The van der Waals surface area contributed by atoms with E-state index in [1.165, 1.54) is 5.56 Å². The van der Waals surface area contributed by atoms with Gasteiger partial charge in [-0.15, -0.1) is 0 Å². The van der Waals surface area contributed by atoms with Crippen LogP contribution in [0.15, 0.2) is 46.9 Å². The molecule has 114 valence electrons. The van der Waals surface area contributed by atoms with Gasteiger partial charge in [0.2, 0.25) is 0 Å². The van der Waals surface area contributed by atoms with Gasteiger partial charge in [-0.05, 0) is 49.6 Å². The van der Waals surface area contributed by atoms with Gasteiger partial charge in [0.15, 0.2) is 11.3 Å². The summed E-state index contributed by atoms with van der Waals surface area (Å²) in [6.07, 6.45) is 1.57. The molecule has 0 fully saturated rings. The summed E-state index contributed by atoms with van der Waals surface area (Å²) in [6, 6.07) is 14.4. The lowest BCUT2D eigenvalue weighted by Gasteiger charge is -2.05. The van der Waals surface area contributed by atoms with Crippen LogP contribution in [0.4, 0.5) is 0 Å². The molecule has 0 amide bonds. The average Bonchev–Trinajstić information content (AvgIpc) is 2.96. The molecule has 0 saturated heterocycles. The van der Waals surface area contributed by atoms with Crippen LogP contribution in [0.3, 0.4) is 0 Å². The normalized spacial score (nSPS) is 11.0. The molecule has 0 aliphatic carbocycles. The fourth-order valence-electron chi connectivity index (χ4n) is 2.70. The number of ether oxygens (including phenoxy) is 1. The van der Waals surface area contributed by atoms with E-state index in [4.69, 9.17) is 14.3 Å². The summed E-state index contributed by atoms with van der Waals surface area (Å²) in [5.41, 5.74) is 4.19. The van der Waals surface area contributed by atoms with Gasteiger partial charge in [-0.25, -0.2) is 0 Å². The van der Waals surface area contributed by atoms with E-state index >= 15 is 0 Å². The van der Waals surface area contributed by atoms with Crippen LogP contribution in [0, 0.1) is 6.92 Å². The molecular weight excluding hydrogens is 276 g/mol. The second-order valence-electron chi connectivity index (χ2n) is 5.52. The summed E-state index contributed by atoms with van der Waals surface area (Å²) in [6.45, 7) is 2.26. The van der Waals surface area contributed by atoms with E-state index in [-0.39, 0.29) is 6.61 Å². The fraction of sp³-hybridized carbons (Fsp3) is 0.263. The number of benzene rings is 2. The molecule has 1 N–H and O–H groups in total. The third kappa shape index (κ3) is 2.85. The maximum absolute atomic E-state index is 9.00. The van der Waals surface area contributed by atoms with Gasteiger partial charge < -0.3 is 14.3 Å². The lowest BCUT2D eigenvalue weighted by molar-refractivity contribution is 0.288. The summed E-state index contributed by atoms with van der Waals surface area (Å²) in [7, 11) is 1.65. The largest absolute Gasteiger partial charge is 0.493 e. The van der Waals surface area contributed by atoms with Crippen LogP contribution in [-0.2, 0) is 6.42 Å². The predicted molar refractivity (Wildman–Crippen MR) is 88.3 cm³/mol. The smallest absolute Gasteiger partial charge is 0.176 e. The van der Waals surface area contributed by atoms with E-state index in [0.717, 1.165) is 46.4 Å². The molecule has 2 aromatic carbocycles. The second kappa shape index (κ2) is 6.24. The van der Waals surface area contributed by atoms with Crippen molar-refractivity contribution in [2.24, 2.45) is 0 Å². The van der Waals surface area contributed by atoms with Gasteiger partial charge in [0, 0.05) is 17.6 Å². The van der Waals surface area contributed by atoms with Gasteiger partial charge in [0.05, 0.1) is 7.11 Å². The molecule has 3 nitrogen and oxygen atoms in total. The Morgan fingerprint density at radius 2 is 2.00 bits per heavy atom. The van der Waals surface area contributed by atoms with Crippen LogP contribution in [0.5, 0.6) is 5.75 Å². The van der Waals surface area contributed by atoms with Crippen molar-refractivity contribution in [2.75, 3.05) is 13.7 Å². The van der Waals surface area contributed by atoms with Crippen molar-refractivity contribution >= 4 is 11.0 Å². The SMILES string of the molecule is COc1cc(CCCO)cc2cc(-c3cccc(C)c3)oc12. The Morgan fingerprint density at radius 1 is 1.14 bits per heavy atom. The van der Waals surface area contributed by atoms with Crippen LogP contribution < -0.4 is 4.74 Å². The monoisotopic (exact) mass is 296 g/mol. The summed E-state index contributed by atoms with van der Waals surface area (Å²) < 4.78 is 11.5. The van der Waals surface area contributed by atoms with Crippen molar-refractivity contribution in [3.05, 3.63) is 53.6 Å². The molecule has 0 saturated carbocycles. The number of fused-ring (bicyclic) bond motifs is 1. The van der Waals surface area contributed by atoms with Gasteiger partial charge in [0.1, 0.15) is 5.76 Å². The predicted octanol–water partition coefficient (Wildman–Crippen LogP) is 4.34. The molecule has 0 atom stereocenters. The lowest BCUT2D eigenvalue weighted by atomic mass is 10.1. The van der Waals surface area contributed by atoms with E-state index in [1.807, 2.05) is 18.2 Å². The summed E-state index contributed by atoms with van der Waals surface area (Å²) in [5, 5.41) is 10.0. The Hall–Kier alpha value is -2.26. The summed E-state index contributed by atoms with van der Waals surface area (Å²) in [5.74, 6) is 1.58. The molecule has 3 heteroatoms. The topological polar surface area (TPSA) is 42.6 Å². The van der Waals surface area contributed by atoms with Gasteiger partial charge in [-0.2, -0.15) is 0 Å². The third-order valence-corrected chi connectivity index (χ3v) is 3.79. The Labute approximate surface area is 130 Å². The van der Waals surface area contributed by atoms with Crippen molar-refractivity contribution in [3.8, 4) is 17.1 Å². The van der Waals surface area contributed by atoms with Crippen LogP contribution in [0.2, 0.25) is 0 Å². The van der Waals surface area contributed by atoms with Gasteiger partial charge in [-0.1, -0.05) is 23.8 Å². The molecular formula is C19H20O3. The van der Waals surface area contributed by atoms with E-state index in [2.05, 4.69) is 31.2 Å². The third-order valence-electron chi connectivity index (χ3n) is 3.79. The maximum Gasteiger partial charge on any atom is 0.176 e. The number of aliphatic hydroxyl groups excluding tert-OH is 1. The Morgan fingerprint density at radius 3 is 2.73 bits per heavy atom. The standard InChI is InChI=1S/C19H20O3/c1-13-5-3-7-15(9-13)17-12-16-10-14(6-4-8-20)11-18(21-2)19(16)22-17/h3,5,7,9-12,20H,4,6,8H2,1-2H3. The molecule has 0 aliphatic rings. The number of rotatable bonds is 5. The van der Waals surface area contributed by atoms with Gasteiger partial charge in [0.25, 0.3) is 0 Å². The molecule has 3 rings (SSSR count). The van der Waals surface area contributed by atoms with Crippen LogP contribution in [-0.4, -0.2) is 18.8 Å². The molecule has 22 heavy (non-hydrogen) atoms. The first-order chi connectivity index (χ1) is 10.7. The van der Waals surface area contributed by atoms with Crippen molar-refractivity contribution < 1.29 is 14.3 Å². The molecule has 0 bridgehead atoms. The average molecular weight is 296 g/mol. The zero-order valence-electron chi connectivity index (χ0n) is 12.9. The van der Waals surface area contributed by atoms with Crippen LogP contribution in [0.25, 0.3) is 22.3 Å². The lowest BCUT2D eigenvalue weighted by Crippen LogP contribution is -1.91. The first-order valence-corrected chi connectivity index (χ1v) is 7.49. The van der Waals surface area contributed by atoms with Gasteiger partial charge >= 0.3 is 0 Å². The first-order valence-electron chi connectivity index (χ1n) is 7.49. The molecule has 1 aromatic heterocycles. The number of aryl methyl sites for hydroxylation is 2. The minimum absolute atomic E-state index is 0.195. The maximum atomic E-state index is 9.00. The molecule has 3 aromatic rings. The van der Waals surface area contributed by atoms with E-state index in [0.29, 0.717) is 0 Å². The minimum atomic E-state index is 0.195. The van der Waals surface area contributed by atoms with E-state index in [1.54, 1.807) is 7.11 Å². The van der Waals surface area contributed by atoms with E-state index < -0.39 is 0 Å². The van der Waals surface area contributed by atoms with E-state index in [9.17, 15) is 0 Å². The Balaban J connectivity index is 2.08. The fourth-order valence-corrected chi connectivity index (χ4v) is 2.70. The molecule has 0 unspecified atom stereocenters. The highest BCUT2D eigenvalue weighted by atomic mass is 16.5. The number of hydrogen-bond donors (Lipinski definition) is 1. The van der Waals surface area contributed by atoms with Crippen molar-refractivity contribution in [2.45, 2.75) is 19.8 Å². The zero-order valence-corrected chi connectivity index (χ0v) is 12.9. The van der Waals surface area contributed by atoms with Crippen molar-refractivity contribution in [1.29, 1.82) is 0 Å². The highest BCUT2D eigenvalue weighted by Gasteiger charge is 2.12. The number of furan rings is 1. The summed E-state index contributed by atoms with van der Waals surface area (Å²) >= 11 is 0. The van der Waals surface area contributed by atoms with Gasteiger partial charge in [-0.3, -0.25) is 0 Å². The molecule has 0 aliphatic heterocycles. The Kier molecular flexibility index (Phi) is 4.16. The number of aliphatic hydroxyl groups is 1. The van der Waals surface area contributed by atoms with Crippen LogP contribution >= 0.6 is 0 Å². The highest BCUT2D eigenvalue weighted by Crippen LogP contribution is 2.35.